The van der Waals surface area contributed by atoms with Crippen molar-refractivity contribution in [3.63, 3.8) is 0 Å². The molecule has 2 N–H and O–H groups in total. The predicted octanol–water partition coefficient (Wildman–Crippen LogP) is 3.47. The largest absolute Gasteiger partial charge is 0.348 e. The highest BCUT2D eigenvalue weighted by Crippen LogP contribution is 2.17. The number of carbonyl (C=O) groups is 1. The summed E-state index contributed by atoms with van der Waals surface area (Å²) in [6, 6.07) is 21.9. The standard InChI is InChI=1S/C25H29N3O3S/c1-19-9-14-23(32(30,31)27-17-20-7-5-4-6-8-20)15-24(19)25(29)26-16-21-10-12-22(13-11-21)18-28(2)3/h4-15,27H,16-18H2,1-3H3,(H,26,29). The molecule has 32 heavy (non-hydrogen) atoms. The van der Waals surface area contributed by atoms with Gasteiger partial charge < -0.3 is 10.2 Å². The summed E-state index contributed by atoms with van der Waals surface area (Å²) in [7, 11) is 0.285. The van der Waals surface area contributed by atoms with Crippen LogP contribution in [0.15, 0.2) is 77.7 Å². The highest BCUT2D eigenvalue weighted by molar-refractivity contribution is 7.89. The fourth-order valence-electron chi connectivity index (χ4n) is 3.28. The van der Waals surface area contributed by atoms with Crippen LogP contribution >= 0.6 is 0 Å². The minimum atomic E-state index is -3.75. The van der Waals surface area contributed by atoms with E-state index in [0.29, 0.717) is 17.7 Å². The van der Waals surface area contributed by atoms with E-state index in [1.54, 1.807) is 13.0 Å². The van der Waals surface area contributed by atoms with Gasteiger partial charge in [0.1, 0.15) is 0 Å². The number of nitrogens with zero attached hydrogens (tertiary/aromatic N) is 1. The molecule has 7 heteroatoms. The number of benzene rings is 3. The Balaban J connectivity index is 1.67. The maximum absolute atomic E-state index is 12.8. The van der Waals surface area contributed by atoms with Crippen molar-refractivity contribution in [1.82, 2.24) is 14.9 Å². The summed E-state index contributed by atoms with van der Waals surface area (Å²) in [5.41, 5.74) is 4.09. The Kier molecular flexibility index (Phi) is 7.80. The van der Waals surface area contributed by atoms with E-state index in [1.807, 2.05) is 68.7 Å². The molecule has 0 aliphatic carbocycles. The van der Waals surface area contributed by atoms with Crippen LogP contribution in [0.4, 0.5) is 0 Å². The van der Waals surface area contributed by atoms with Crippen LogP contribution in [-0.2, 0) is 29.7 Å². The Bertz CT molecular complexity index is 1160. The number of rotatable bonds is 9. The number of nitrogens with one attached hydrogen (secondary N) is 2. The molecule has 0 spiro atoms. The van der Waals surface area contributed by atoms with Crippen molar-refractivity contribution in [3.8, 4) is 0 Å². The zero-order valence-corrected chi connectivity index (χ0v) is 19.4. The Labute approximate surface area is 190 Å². The Morgan fingerprint density at radius 2 is 1.47 bits per heavy atom. The molecule has 3 aromatic rings. The van der Waals surface area contributed by atoms with E-state index in [-0.39, 0.29) is 17.3 Å². The molecule has 0 bridgehead atoms. The second kappa shape index (κ2) is 10.5. The molecule has 0 atom stereocenters. The first-order valence-electron chi connectivity index (χ1n) is 10.4. The number of hydrogen-bond acceptors (Lipinski definition) is 4. The first-order valence-corrected chi connectivity index (χ1v) is 11.9. The third-order valence-electron chi connectivity index (χ3n) is 5.05. The molecule has 0 unspecified atom stereocenters. The molecule has 0 saturated carbocycles. The van der Waals surface area contributed by atoms with Gasteiger partial charge in [-0.2, -0.15) is 0 Å². The molecule has 1 amide bonds. The maximum Gasteiger partial charge on any atom is 0.251 e. The lowest BCUT2D eigenvalue weighted by Crippen LogP contribution is -2.26. The van der Waals surface area contributed by atoms with Crippen molar-refractivity contribution in [2.75, 3.05) is 14.1 Å². The summed E-state index contributed by atoms with van der Waals surface area (Å²) >= 11 is 0. The average Bonchev–Trinajstić information content (AvgIpc) is 2.77. The van der Waals surface area contributed by atoms with Crippen molar-refractivity contribution in [2.24, 2.45) is 0 Å². The summed E-state index contributed by atoms with van der Waals surface area (Å²) in [4.78, 5) is 14.9. The molecule has 0 aliphatic heterocycles. The number of aryl methyl sites for hydroxylation is 1. The van der Waals surface area contributed by atoms with Gasteiger partial charge in [-0.15, -0.1) is 0 Å². The Morgan fingerprint density at radius 3 is 2.12 bits per heavy atom. The van der Waals surface area contributed by atoms with E-state index in [2.05, 4.69) is 14.9 Å². The summed E-state index contributed by atoms with van der Waals surface area (Å²) in [5.74, 6) is -0.306. The van der Waals surface area contributed by atoms with Crippen LogP contribution in [0, 0.1) is 6.92 Å². The summed E-state index contributed by atoms with van der Waals surface area (Å²) in [5, 5.41) is 2.89. The number of carbonyl (C=O) groups excluding carboxylic acids is 1. The smallest absolute Gasteiger partial charge is 0.251 e. The molecule has 3 rings (SSSR count). The monoisotopic (exact) mass is 451 g/mol. The summed E-state index contributed by atoms with van der Waals surface area (Å²) in [6.07, 6.45) is 0. The van der Waals surface area contributed by atoms with Gasteiger partial charge in [-0.25, -0.2) is 13.1 Å². The van der Waals surface area contributed by atoms with Crippen LogP contribution in [0.3, 0.4) is 0 Å². The molecule has 0 fully saturated rings. The molecule has 0 heterocycles. The van der Waals surface area contributed by atoms with Crippen LogP contribution in [0.25, 0.3) is 0 Å². The number of amides is 1. The van der Waals surface area contributed by atoms with Crippen LogP contribution in [0.2, 0.25) is 0 Å². The molecular weight excluding hydrogens is 422 g/mol. The maximum atomic E-state index is 12.8. The van der Waals surface area contributed by atoms with Crippen molar-refractivity contribution in [2.45, 2.75) is 31.5 Å². The fourth-order valence-corrected chi connectivity index (χ4v) is 4.32. The van der Waals surface area contributed by atoms with Crippen LogP contribution in [-0.4, -0.2) is 33.3 Å². The lowest BCUT2D eigenvalue weighted by Gasteiger charge is -2.12. The van der Waals surface area contributed by atoms with Crippen LogP contribution < -0.4 is 10.0 Å². The van der Waals surface area contributed by atoms with Gasteiger partial charge in [-0.05, 0) is 55.4 Å². The quantitative estimate of drug-likeness (QED) is 0.522. The highest BCUT2D eigenvalue weighted by Gasteiger charge is 2.18. The predicted molar refractivity (Wildman–Crippen MR) is 127 cm³/mol. The Hall–Kier alpha value is -3.00. The molecule has 6 nitrogen and oxygen atoms in total. The minimum Gasteiger partial charge on any atom is -0.348 e. The highest BCUT2D eigenvalue weighted by atomic mass is 32.2. The van der Waals surface area contributed by atoms with E-state index >= 15 is 0 Å². The molecule has 0 radical (unpaired) electrons. The van der Waals surface area contributed by atoms with Crippen molar-refractivity contribution >= 4 is 15.9 Å². The second-order valence-corrected chi connectivity index (χ2v) is 9.79. The fraction of sp³-hybridized carbons (Fsp3) is 0.240. The lowest BCUT2D eigenvalue weighted by atomic mass is 10.1. The topological polar surface area (TPSA) is 78.5 Å². The normalized spacial score (nSPS) is 11.5. The van der Waals surface area contributed by atoms with E-state index in [4.69, 9.17) is 0 Å². The van der Waals surface area contributed by atoms with Gasteiger partial charge in [0.15, 0.2) is 0 Å². The molecule has 0 aliphatic rings. The first kappa shape index (κ1) is 23.7. The van der Waals surface area contributed by atoms with Crippen molar-refractivity contribution < 1.29 is 13.2 Å². The zero-order valence-electron chi connectivity index (χ0n) is 18.6. The van der Waals surface area contributed by atoms with Crippen molar-refractivity contribution in [1.29, 1.82) is 0 Å². The van der Waals surface area contributed by atoms with E-state index in [0.717, 1.165) is 17.7 Å². The van der Waals surface area contributed by atoms with Gasteiger partial charge in [0.2, 0.25) is 10.0 Å². The number of sulfonamides is 1. The zero-order chi connectivity index (χ0) is 23.1. The van der Waals surface area contributed by atoms with Crippen molar-refractivity contribution in [3.05, 3.63) is 101 Å². The second-order valence-electron chi connectivity index (χ2n) is 8.02. The Morgan fingerprint density at radius 1 is 0.844 bits per heavy atom. The van der Waals surface area contributed by atoms with Gasteiger partial charge in [0, 0.05) is 25.2 Å². The van der Waals surface area contributed by atoms with Gasteiger partial charge in [-0.1, -0.05) is 60.7 Å². The average molecular weight is 452 g/mol. The van der Waals surface area contributed by atoms with Crippen LogP contribution in [0.1, 0.15) is 32.6 Å². The third-order valence-corrected chi connectivity index (χ3v) is 6.45. The van der Waals surface area contributed by atoms with Gasteiger partial charge in [0.05, 0.1) is 4.90 Å². The van der Waals surface area contributed by atoms with Crippen LogP contribution in [0.5, 0.6) is 0 Å². The molecular formula is C25H29N3O3S. The van der Waals surface area contributed by atoms with Gasteiger partial charge >= 0.3 is 0 Å². The summed E-state index contributed by atoms with van der Waals surface area (Å²) in [6.45, 7) is 3.19. The van der Waals surface area contributed by atoms with E-state index in [1.165, 1.54) is 17.7 Å². The minimum absolute atomic E-state index is 0.0669. The van der Waals surface area contributed by atoms with Gasteiger partial charge in [0.25, 0.3) is 5.91 Å². The molecule has 0 saturated heterocycles. The van der Waals surface area contributed by atoms with Gasteiger partial charge in [-0.3, -0.25) is 4.79 Å². The number of hydrogen-bond donors (Lipinski definition) is 2. The SMILES string of the molecule is Cc1ccc(S(=O)(=O)NCc2ccccc2)cc1C(=O)NCc1ccc(CN(C)C)cc1. The lowest BCUT2D eigenvalue weighted by molar-refractivity contribution is 0.0950. The molecule has 3 aromatic carbocycles. The van der Waals surface area contributed by atoms with E-state index < -0.39 is 10.0 Å². The summed E-state index contributed by atoms with van der Waals surface area (Å²) < 4.78 is 28.1. The molecule has 0 aromatic heterocycles. The first-order chi connectivity index (χ1) is 15.2. The third kappa shape index (κ3) is 6.50. The molecule has 168 valence electrons. The van der Waals surface area contributed by atoms with E-state index in [9.17, 15) is 13.2 Å².